The van der Waals surface area contributed by atoms with E-state index in [0.717, 1.165) is 12.0 Å². The Morgan fingerprint density at radius 1 is 1.10 bits per heavy atom. The van der Waals surface area contributed by atoms with E-state index in [4.69, 9.17) is 4.74 Å². The Bertz CT molecular complexity index is 1340. The van der Waals surface area contributed by atoms with Crippen LogP contribution in [0.4, 0.5) is 0 Å². The summed E-state index contributed by atoms with van der Waals surface area (Å²) in [5, 5.41) is 19.2. The van der Waals surface area contributed by atoms with Crippen molar-refractivity contribution in [3.05, 3.63) is 91.8 Å². The van der Waals surface area contributed by atoms with Gasteiger partial charge in [0, 0.05) is 18.2 Å². The molecule has 2 aromatic carbocycles. The van der Waals surface area contributed by atoms with E-state index in [1.54, 1.807) is 0 Å². The van der Waals surface area contributed by atoms with Crippen LogP contribution in [0.1, 0.15) is 34.9 Å². The van der Waals surface area contributed by atoms with E-state index in [1.165, 1.54) is 33.0 Å². The van der Waals surface area contributed by atoms with Gasteiger partial charge in [-0.25, -0.2) is 4.79 Å². The largest absolute Gasteiger partial charge is 0.394 e. The molecule has 3 aromatic rings. The lowest BCUT2D eigenvalue weighted by atomic mass is 10.0. The van der Waals surface area contributed by atoms with Crippen molar-refractivity contribution in [1.29, 1.82) is 0 Å². The summed E-state index contributed by atoms with van der Waals surface area (Å²) in [5.74, 6) is 5.86. The molecule has 0 radical (unpaired) electrons. The Labute approximate surface area is 177 Å². The van der Waals surface area contributed by atoms with Gasteiger partial charge >= 0.3 is 5.69 Å². The first kappa shape index (κ1) is 19.5. The second-order valence-electron chi connectivity index (χ2n) is 7.78. The molecule has 0 amide bonds. The maximum Gasteiger partial charge on any atom is 0.330 e. The van der Waals surface area contributed by atoms with Gasteiger partial charge in [-0.2, -0.15) is 0 Å². The summed E-state index contributed by atoms with van der Waals surface area (Å²) in [7, 11) is 0. The second kappa shape index (κ2) is 7.67. The van der Waals surface area contributed by atoms with Gasteiger partial charge in [0.1, 0.15) is 17.9 Å². The zero-order valence-electron chi connectivity index (χ0n) is 16.5. The van der Waals surface area contributed by atoms with Crippen LogP contribution in [0.2, 0.25) is 0 Å². The molecule has 1 aliphatic heterocycles. The maximum atomic E-state index is 12.2. The molecular weight excluding hydrogens is 396 g/mol. The molecule has 0 spiro atoms. The molecule has 1 fully saturated rings. The molecule has 2 aliphatic rings. The molecule has 0 bridgehead atoms. The lowest BCUT2D eigenvalue weighted by Gasteiger charge is -2.14. The molecule has 156 valence electrons. The lowest BCUT2D eigenvalue weighted by Crippen LogP contribution is -2.33. The average molecular weight is 416 g/mol. The summed E-state index contributed by atoms with van der Waals surface area (Å²) in [4.78, 5) is 26.7. The fourth-order valence-corrected chi connectivity index (χ4v) is 4.20. The number of rotatable bonds is 2. The van der Waals surface area contributed by atoms with Crippen molar-refractivity contribution in [1.82, 2.24) is 9.55 Å². The number of aliphatic hydroxyl groups is 2. The van der Waals surface area contributed by atoms with Crippen molar-refractivity contribution in [3.8, 4) is 23.0 Å². The van der Waals surface area contributed by atoms with E-state index in [-0.39, 0.29) is 18.6 Å². The summed E-state index contributed by atoms with van der Waals surface area (Å²) in [6.45, 7) is -0.357. The first-order valence-corrected chi connectivity index (χ1v) is 10.1. The van der Waals surface area contributed by atoms with Crippen LogP contribution in [0, 0.1) is 11.8 Å². The van der Waals surface area contributed by atoms with Crippen LogP contribution in [-0.2, 0) is 11.2 Å². The highest BCUT2D eigenvalue weighted by atomic mass is 16.5. The predicted octanol–water partition coefficient (Wildman–Crippen LogP) is 1.15. The number of hydrogen-bond acceptors (Lipinski definition) is 5. The van der Waals surface area contributed by atoms with Crippen LogP contribution >= 0.6 is 0 Å². The van der Waals surface area contributed by atoms with Gasteiger partial charge in [-0.15, -0.1) is 0 Å². The molecule has 5 rings (SSSR count). The Balaban J connectivity index is 1.45. The third-order valence-electron chi connectivity index (χ3n) is 5.80. The highest BCUT2D eigenvalue weighted by Crippen LogP contribution is 2.36. The number of aromatic nitrogens is 2. The van der Waals surface area contributed by atoms with Gasteiger partial charge in [0.05, 0.1) is 12.7 Å². The van der Waals surface area contributed by atoms with Crippen LogP contribution in [0.15, 0.2) is 58.3 Å². The van der Waals surface area contributed by atoms with E-state index < -0.39 is 29.7 Å². The average Bonchev–Trinajstić information content (AvgIpc) is 3.32. The molecule has 1 aliphatic carbocycles. The van der Waals surface area contributed by atoms with Gasteiger partial charge < -0.3 is 14.9 Å². The van der Waals surface area contributed by atoms with Gasteiger partial charge in [0.25, 0.3) is 5.56 Å². The minimum atomic E-state index is -0.890. The molecule has 3 atom stereocenters. The molecular formula is C24H20N2O5. The Kier molecular flexibility index (Phi) is 4.83. The van der Waals surface area contributed by atoms with Gasteiger partial charge in [0.2, 0.25) is 0 Å². The zero-order valence-corrected chi connectivity index (χ0v) is 16.5. The molecule has 1 saturated heterocycles. The van der Waals surface area contributed by atoms with Crippen molar-refractivity contribution in [2.45, 2.75) is 31.3 Å². The number of aromatic amines is 1. The second-order valence-corrected chi connectivity index (χ2v) is 7.78. The summed E-state index contributed by atoms with van der Waals surface area (Å²) >= 11 is 0. The molecule has 2 heterocycles. The fourth-order valence-electron chi connectivity index (χ4n) is 4.20. The zero-order chi connectivity index (χ0) is 21.5. The van der Waals surface area contributed by atoms with E-state index in [1.807, 2.05) is 30.3 Å². The van der Waals surface area contributed by atoms with Gasteiger partial charge in [-0.3, -0.25) is 14.3 Å². The smallest absolute Gasteiger partial charge is 0.330 e. The number of fused-ring (bicyclic) bond motifs is 3. The number of nitrogens with zero attached hydrogens (tertiary/aromatic N) is 1. The van der Waals surface area contributed by atoms with Crippen LogP contribution < -0.4 is 11.2 Å². The van der Waals surface area contributed by atoms with Crippen molar-refractivity contribution < 1.29 is 14.9 Å². The van der Waals surface area contributed by atoms with Crippen molar-refractivity contribution in [2.24, 2.45) is 0 Å². The van der Waals surface area contributed by atoms with Crippen LogP contribution in [0.3, 0.4) is 0 Å². The number of nitrogens with one attached hydrogen (secondary N) is 1. The number of benzene rings is 2. The van der Waals surface area contributed by atoms with Gasteiger partial charge in [-0.1, -0.05) is 42.2 Å². The molecule has 1 aromatic heterocycles. The third kappa shape index (κ3) is 3.51. The van der Waals surface area contributed by atoms with Crippen molar-refractivity contribution >= 4 is 0 Å². The summed E-state index contributed by atoms with van der Waals surface area (Å²) < 4.78 is 6.72. The normalized spacial score (nSPS) is 21.3. The predicted molar refractivity (Wildman–Crippen MR) is 114 cm³/mol. The maximum absolute atomic E-state index is 12.2. The summed E-state index contributed by atoms with van der Waals surface area (Å²) in [5.41, 5.74) is 4.57. The van der Waals surface area contributed by atoms with Crippen molar-refractivity contribution in [2.75, 3.05) is 6.61 Å². The minimum Gasteiger partial charge on any atom is -0.394 e. The van der Waals surface area contributed by atoms with Crippen molar-refractivity contribution in [3.63, 3.8) is 0 Å². The monoisotopic (exact) mass is 416 g/mol. The Morgan fingerprint density at radius 3 is 2.71 bits per heavy atom. The molecule has 3 N–H and O–H groups in total. The third-order valence-corrected chi connectivity index (χ3v) is 5.80. The van der Waals surface area contributed by atoms with E-state index in [0.29, 0.717) is 0 Å². The highest BCUT2D eigenvalue weighted by Gasteiger charge is 2.35. The van der Waals surface area contributed by atoms with Crippen LogP contribution in [-0.4, -0.2) is 38.6 Å². The standard InChI is InChI=1S/C24H20N2O5/c27-13-21-20(28)11-22(31-21)26-12-16(23(29)25-24(26)30)7-5-14-6-8-19-17(9-14)10-15-3-1-2-4-18(15)19/h1-4,6,8-9,12,20-22,27-28H,10-11,13H2,(H,25,29,30)/t20-,21+,22+/m0/s1. The molecule has 0 unspecified atom stereocenters. The highest BCUT2D eigenvalue weighted by molar-refractivity contribution is 5.77. The topological polar surface area (TPSA) is 105 Å². The summed E-state index contributed by atoms with van der Waals surface area (Å²) in [6.07, 6.45) is -0.118. The number of ether oxygens (including phenoxy) is 1. The minimum absolute atomic E-state index is 0.119. The fraction of sp³-hybridized carbons (Fsp3) is 0.250. The molecule has 31 heavy (non-hydrogen) atoms. The number of hydrogen-bond donors (Lipinski definition) is 3. The van der Waals surface area contributed by atoms with Gasteiger partial charge in [-0.05, 0) is 40.8 Å². The van der Waals surface area contributed by atoms with Crippen LogP contribution in [0.25, 0.3) is 11.1 Å². The molecule has 0 saturated carbocycles. The first-order valence-electron chi connectivity index (χ1n) is 10.1. The molecule has 7 nitrogen and oxygen atoms in total. The van der Waals surface area contributed by atoms with E-state index >= 15 is 0 Å². The number of H-pyrrole nitrogens is 1. The Hall–Kier alpha value is -3.44. The quantitative estimate of drug-likeness (QED) is 0.425. The lowest BCUT2D eigenvalue weighted by molar-refractivity contribution is -0.0459. The molecule has 7 heteroatoms. The van der Waals surface area contributed by atoms with Crippen LogP contribution in [0.5, 0.6) is 0 Å². The van der Waals surface area contributed by atoms with E-state index in [2.05, 4.69) is 29.0 Å². The van der Waals surface area contributed by atoms with Gasteiger partial charge in [0.15, 0.2) is 0 Å². The first-order chi connectivity index (χ1) is 15.0. The van der Waals surface area contributed by atoms with E-state index in [9.17, 15) is 19.8 Å². The number of aliphatic hydroxyl groups excluding tert-OH is 2. The summed E-state index contributed by atoms with van der Waals surface area (Å²) in [6, 6.07) is 14.3. The Morgan fingerprint density at radius 2 is 1.90 bits per heavy atom. The SMILES string of the molecule is O=c1[nH]c(=O)n([C@H]2C[C@H](O)[C@@H](CO)O2)cc1C#Cc1ccc2c(c1)Cc1ccccc1-2.